The molecule has 0 bridgehead atoms. The molecule has 2 unspecified atom stereocenters. The van der Waals surface area contributed by atoms with Gasteiger partial charge in [-0.15, -0.1) is 0 Å². The number of carbonyl (C=O) groups is 4. The third-order valence-electron chi connectivity index (χ3n) is 13.4. The Balaban J connectivity index is 1.41. The second-order valence-electron chi connectivity index (χ2n) is 16.7. The van der Waals surface area contributed by atoms with E-state index in [0.29, 0.717) is 36.8 Å². The summed E-state index contributed by atoms with van der Waals surface area (Å²) in [7, 11) is 0. The lowest BCUT2D eigenvalue weighted by Gasteiger charge is -2.69. The lowest BCUT2D eigenvalue weighted by Crippen LogP contribution is -2.65. The third kappa shape index (κ3) is 7.32. The number of ether oxygens (including phenoxy) is 5. The van der Waals surface area contributed by atoms with E-state index in [1.807, 2.05) is 19.9 Å². The quantitative estimate of drug-likeness (QED) is 0.118. The van der Waals surface area contributed by atoms with Crippen LogP contribution in [0.2, 0.25) is 0 Å². The first-order valence-electron chi connectivity index (χ1n) is 18.6. The van der Waals surface area contributed by atoms with Crippen LogP contribution in [0.1, 0.15) is 114 Å². The Morgan fingerprint density at radius 1 is 0.922 bits per heavy atom. The fourth-order valence-corrected chi connectivity index (χ4v) is 11.3. The summed E-state index contributed by atoms with van der Waals surface area (Å²) in [6.07, 6.45) is 6.19. The zero-order chi connectivity index (χ0) is 37.6. The van der Waals surface area contributed by atoms with Gasteiger partial charge in [-0.05, 0) is 123 Å². The van der Waals surface area contributed by atoms with E-state index in [-0.39, 0.29) is 40.6 Å². The van der Waals surface area contributed by atoms with E-state index in [0.717, 1.165) is 31.3 Å². The first kappa shape index (κ1) is 39.2. The van der Waals surface area contributed by atoms with Crippen LogP contribution in [0.5, 0.6) is 0 Å². The summed E-state index contributed by atoms with van der Waals surface area (Å²) in [5.74, 6) is -2.46. The van der Waals surface area contributed by atoms with Crippen LogP contribution < -0.4 is 0 Å². The van der Waals surface area contributed by atoms with Crippen LogP contribution in [0.3, 0.4) is 0 Å². The number of allylic oxidation sites excluding steroid dienone is 2. The molecule has 0 radical (unpaired) electrons. The molecule has 2 N–H and O–H groups in total. The van der Waals surface area contributed by atoms with E-state index in [2.05, 4.69) is 27.7 Å². The number of hydrogen-bond acceptors (Lipinski definition) is 10. The first-order valence-corrected chi connectivity index (χ1v) is 18.6. The highest BCUT2D eigenvalue weighted by molar-refractivity contribution is 5.88. The van der Waals surface area contributed by atoms with E-state index in [1.54, 1.807) is 12.2 Å². The van der Waals surface area contributed by atoms with E-state index >= 15 is 0 Å². The van der Waals surface area contributed by atoms with Crippen molar-refractivity contribution in [1.29, 1.82) is 0 Å². The fraction of sp³-hybridized carbons (Fsp3) is 0.750. The van der Waals surface area contributed by atoms with Crippen molar-refractivity contribution in [3.05, 3.63) is 34.9 Å². The molecule has 1 aliphatic heterocycles. The van der Waals surface area contributed by atoms with Gasteiger partial charge in [0.2, 0.25) is 6.29 Å². The largest absolute Gasteiger partial charge is 0.478 e. The van der Waals surface area contributed by atoms with Gasteiger partial charge in [-0.25, -0.2) is 4.79 Å². The predicted molar refractivity (Wildman–Crippen MR) is 187 cm³/mol. The van der Waals surface area contributed by atoms with Gasteiger partial charge in [0.25, 0.3) is 0 Å². The molecule has 0 amide bonds. The van der Waals surface area contributed by atoms with Gasteiger partial charge in [-0.1, -0.05) is 39.3 Å². The average Bonchev–Trinajstić information content (AvgIpc) is 3.28. The summed E-state index contributed by atoms with van der Waals surface area (Å²) in [5.41, 5.74) is 1.12. The summed E-state index contributed by atoms with van der Waals surface area (Å²) in [4.78, 5) is 48.7. The maximum Gasteiger partial charge on any atom is 0.331 e. The number of fused-ring (bicyclic) bond motifs is 5. The number of aliphatic hydroxyl groups excluding tert-OH is 1. The zero-order valence-corrected chi connectivity index (χ0v) is 31.7. The highest BCUT2D eigenvalue weighted by Gasteiger charge is 2.71. The number of carbonyl (C=O) groups excluding carboxylic acids is 3. The molecule has 284 valence electrons. The Morgan fingerprint density at radius 3 is 2.20 bits per heavy atom. The monoisotopic (exact) mass is 714 g/mol. The predicted octanol–water partition coefficient (Wildman–Crippen LogP) is 6.42. The molecule has 0 spiro atoms. The van der Waals surface area contributed by atoms with Gasteiger partial charge in [-0.3, -0.25) is 14.4 Å². The van der Waals surface area contributed by atoms with Gasteiger partial charge in [-0.2, -0.15) is 0 Å². The van der Waals surface area contributed by atoms with Crippen LogP contribution in [0, 0.1) is 39.9 Å². The van der Waals surface area contributed by atoms with E-state index < -0.39 is 60.2 Å². The third-order valence-corrected chi connectivity index (χ3v) is 13.4. The highest BCUT2D eigenvalue weighted by atomic mass is 16.8. The second kappa shape index (κ2) is 14.8. The maximum absolute atomic E-state index is 12.8. The van der Waals surface area contributed by atoms with E-state index in [9.17, 15) is 29.4 Å². The number of carboxylic acids is 1. The number of aliphatic hydroxyl groups is 1. The number of rotatable bonds is 9. The topological polar surface area (TPSA) is 155 Å². The maximum atomic E-state index is 12.8. The summed E-state index contributed by atoms with van der Waals surface area (Å²) in [6.45, 7) is 16.9. The fourth-order valence-electron chi connectivity index (χ4n) is 11.3. The Morgan fingerprint density at radius 2 is 1.59 bits per heavy atom. The van der Waals surface area contributed by atoms with E-state index in [1.165, 1.54) is 20.8 Å². The van der Waals surface area contributed by atoms with Crippen molar-refractivity contribution < 1.29 is 53.1 Å². The molecule has 1 heterocycles. The molecule has 0 saturated heterocycles. The van der Waals surface area contributed by atoms with Crippen LogP contribution in [0.15, 0.2) is 34.9 Å². The minimum atomic E-state index is -1.12. The molecule has 4 fully saturated rings. The minimum absolute atomic E-state index is 0.0617. The van der Waals surface area contributed by atoms with E-state index in [4.69, 9.17) is 23.7 Å². The van der Waals surface area contributed by atoms with Crippen molar-refractivity contribution in [2.24, 2.45) is 39.9 Å². The molecule has 5 aliphatic rings. The molecule has 13 atom stereocenters. The normalized spacial score (nSPS) is 42.4. The minimum Gasteiger partial charge on any atom is -0.478 e. The SMILES string of the molecule is CC(=O)O[C@H]1O[C@H](O[C@@H]2CC[C@@]3(C)C(CC[C@@]4(C)C3[C@H](O)C[C@H]3/C(=C(\CCC=C(C)C)C(=O)O)[C@@H](OC(C)=O)C[C@@]34C)[C@@H]2C)C=C[C@@H]1OC(C)=O. The average molecular weight is 715 g/mol. The molecule has 5 rings (SSSR count). The Kier molecular flexibility index (Phi) is 11.4. The van der Waals surface area contributed by atoms with Crippen LogP contribution in [-0.2, 0) is 42.9 Å². The number of hydrogen-bond donors (Lipinski definition) is 2. The van der Waals surface area contributed by atoms with Crippen LogP contribution in [0.25, 0.3) is 0 Å². The lowest BCUT2D eigenvalue weighted by atomic mass is 9.36. The molecule has 51 heavy (non-hydrogen) atoms. The van der Waals surface area contributed by atoms with Gasteiger partial charge >= 0.3 is 23.9 Å². The Bertz CT molecular complexity index is 1480. The Labute approximate surface area is 302 Å². The first-order chi connectivity index (χ1) is 23.8. The van der Waals surface area contributed by atoms with Crippen molar-refractivity contribution >= 4 is 23.9 Å². The van der Waals surface area contributed by atoms with Gasteiger partial charge in [0.15, 0.2) is 12.4 Å². The van der Waals surface area contributed by atoms with Crippen molar-refractivity contribution in [2.75, 3.05) is 0 Å². The second-order valence-corrected chi connectivity index (χ2v) is 16.7. The van der Waals surface area contributed by atoms with Gasteiger partial charge in [0, 0.05) is 26.3 Å². The molecule has 11 heteroatoms. The molecular weight excluding hydrogens is 656 g/mol. The number of aliphatic carboxylic acids is 1. The van der Waals surface area contributed by atoms with Crippen molar-refractivity contribution in [1.82, 2.24) is 0 Å². The number of carboxylic acid groups (broad SMARTS) is 1. The van der Waals surface area contributed by atoms with Crippen LogP contribution >= 0.6 is 0 Å². The number of esters is 3. The van der Waals surface area contributed by atoms with Crippen LogP contribution in [0.4, 0.5) is 0 Å². The van der Waals surface area contributed by atoms with Crippen LogP contribution in [-0.4, -0.2) is 71.1 Å². The Hall–Kier alpha value is -3.02. The summed E-state index contributed by atoms with van der Waals surface area (Å²) in [6, 6.07) is 0. The van der Waals surface area contributed by atoms with Crippen molar-refractivity contribution in [2.45, 2.75) is 151 Å². The van der Waals surface area contributed by atoms with Gasteiger partial charge < -0.3 is 33.9 Å². The summed E-state index contributed by atoms with van der Waals surface area (Å²) >= 11 is 0. The molecule has 4 saturated carbocycles. The standard InChI is InChI=1S/C40H58O11/c1-21(2)11-10-12-26(36(45)46)34-28-19-29(44)35-38(7)17-16-30(50-33-14-13-31(47-23(4)41)37(51-33)49-25(6)43)22(3)27(38)15-18-39(35,8)40(28,9)20-32(34)48-24(5)42/h11,13-14,22,27-33,35,37,44H,10,12,15-20H2,1-9H3,(H,45,46)/b34-26-/t22-,27?,28-,29+,30+,31-,32-,33-,35?,37-,38-,39-,40-/m0/s1. The van der Waals surface area contributed by atoms with Gasteiger partial charge in [0.05, 0.1) is 12.2 Å². The smallest absolute Gasteiger partial charge is 0.331 e. The molecule has 0 aromatic heterocycles. The summed E-state index contributed by atoms with van der Waals surface area (Å²) < 4.78 is 29.0. The highest BCUT2D eigenvalue weighted by Crippen LogP contribution is 2.74. The molecular formula is C40H58O11. The zero-order valence-electron chi connectivity index (χ0n) is 31.7. The van der Waals surface area contributed by atoms with Gasteiger partial charge in [0.1, 0.15) is 6.10 Å². The molecule has 0 aromatic rings. The summed E-state index contributed by atoms with van der Waals surface area (Å²) in [5, 5.41) is 22.8. The lowest BCUT2D eigenvalue weighted by molar-refractivity contribution is -0.282. The van der Waals surface area contributed by atoms with Crippen molar-refractivity contribution in [3.8, 4) is 0 Å². The molecule has 4 aliphatic carbocycles. The molecule has 0 aromatic carbocycles. The molecule has 11 nitrogen and oxygen atoms in total. The van der Waals surface area contributed by atoms with Crippen molar-refractivity contribution in [3.63, 3.8) is 0 Å².